The predicted molar refractivity (Wildman–Crippen MR) is 76.8 cm³/mol. The van der Waals surface area contributed by atoms with Crippen LogP contribution in [-0.4, -0.2) is 28.6 Å². The quantitative estimate of drug-likeness (QED) is 0.844. The highest BCUT2D eigenvalue weighted by Crippen LogP contribution is 2.19. The SMILES string of the molecule is CC1CCCCN1Cc1cccc(C=CC(=O)O)c1. The Morgan fingerprint density at radius 3 is 3.05 bits per heavy atom. The molecule has 0 radical (unpaired) electrons. The van der Waals surface area contributed by atoms with Crippen molar-refractivity contribution < 1.29 is 9.90 Å². The fourth-order valence-electron chi connectivity index (χ4n) is 2.59. The number of aliphatic carboxylic acids is 1. The Kier molecular flexibility index (Phi) is 4.74. The predicted octanol–water partition coefficient (Wildman–Crippen LogP) is 3.16. The van der Waals surface area contributed by atoms with Gasteiger partial charge in [0.05, 0.1) is 0 Å². The molecule has 1 unspecified atom stereocenters. The van der Waals surface area contributed by atoms with E-state index in [1.807, 2.05) is 12.1 Å². The average molecular weight is 259 g/mol. The third kappa shape index (κ3) is 4.21. The summed E-state index contributed by atoms with van der Waals surface area (Å²) in [4.78, 5) is 13.0. The molecule has 0 spiro atoms. The van der Waals surface area contributed by atoms with E-state index < -0.39 is 5.97 Å². The Hall–Kier alpha value is -1.61. The third-order valence-electron chi connectivity index (χ3n) is 3.70. The second kappa shape index (κ2) is 6.53. The summed E-state index contributed by atoms with van der Waals surface area (Å²) < 4.78 is 0. The number of hydrogen-bond acceptors (Lipinski definition) is 2. The van der Waals surface area contributed by atoms with Gasteiger partial charge in [-0.1, -0.05) is 30.7 Å². The van der Waals surface area contributed by atoms with Gasteiger partial charge in [0.15, 0.2) is 0 Å². The number of hydrogen-bond donors (Lipinski definition) is 1. The second-order valence-corrected chi connectivity index (χ2v) is 5.23. The van der Waals surface area contributed by atoms with Crippen molar-refractivity contribution in [3.63, 3.8) is 0 Å². The van der Waals surface area contributed by atoms with Gasteiger partial charge in [-0.15, -0.1) is 0 Å². The van der Waals surface area contributed by atoms with Crippen molar-refractivity contribution in [2.45, 2.75) is 38.8 Å². The van der Waals surface area contributed by atoms with E-state index in [9.17, 15) is 4.79 Å². The molecule has 0 bridgehead atoms. The number of carboxylic acid groups (broad SMARTS) is 1. The molecule has 1 fully saturated rings. The number of carbonyl (C=O) groups is 1. The minimum atomic E-state index is -0.907. The van der Waals surface area contributed by atoms with Gasteiger partial charge < -0.3 is 5.11 Å². The van der Waals surface area contributed by atoms with Crippen LogP contribution in [0.3, 0.4) is 0 Å². The van der Waals surface area contributed by atoms with Gasteiger partial charge in [0.2, 0.25) is 0 Å². The summed E-state index contributed by atoms with van der Waals surface area (Å²) in [5.74, 6) is -0.907. The molecule has 3 nitrogen and oxygen atoms in total. The van der Waals surface area contributed by atoms with Crippen LogP contribution in [0.2, 0.25) is 0 Å². The van der Waals surface area contributed by atoms with E-state index in [0.717, 1.165) is 18.7 Å². The van der Waals surface area contributed by atoms with E-state index in [1.165, 1.54) is 30.9 Å². The molecule has 0 amide bonds. The van der Waals surface area contributed by atoms with E-state index in [-0.39, 0.29) is 0 Å². The van der Waals surface area contributed by atoms with Crippen LogP contribution in [0.15, 0.2) is 30.3 Å². The smallest absolute Gasteiger partial charge is 0.328 e. The highest BCUT2D eigenvalue weighted by molar-refractivity contribution is 5.85. The van der Waals surface area contributed by atoms with Gasteiger partial charge in [-0.2, -0.15) is 0 Å². The van der Waals surface area contributed by atoms with Crippen molar-refractivity contribution in [2.24, 2.45) is 0 Å². The van der Waals surface area contributed by atoms with Gasteiger partial charge in [0.25, 0.3) is 0 Å². The maximum absolute atomic E-state index is 10.5. The Balaban J connectivity index is 2.04. The zero-order valence-corrected chi connectivity index (χ0v) is 11.4. The lowest BCUT2D eigenvalue weighted by Gasteiger charge is -2.33. The molecule has 1 aliphatic heterocycles. The summed E-state index contributed by atoms with van der Waals surface area (Å²) in [5, 5.41) is 8.64. The lowest BCUT2D eigenvalue weighted by Crippen LogP contribution is -2.36. The molecule has 1 heterocycles. The first kappa shape index (κ1) is 13.8. The first-order valence-corrected chi connectivity index (χ1v) is 6.89. The summed E-state index contributed by atoms with van der Waals surface area (Å²) in [6.45, 7) is 4.40. The first-order valence-electron chi connectivity index (χ1n) is 6.89. The molecular formula is C16H21NO2. The van der Waals surface area contributed by atoms with Gasteiger partial charge in [-0.05, 0) is 43.5 Å². The maximum atomic E-state index is 10.5. The molecule has 1 aromatic carbocycles. The molecule has 2 rings (SSSR count). The molecule has 0 aromatic heterocycles. The number of carboxylic acids is 1. The molecule has 1 aromatic rings. The van der Waals surface area contributed by atoms with Gasteiger partial charge in [-0.3, -0.25) is 4.90 Å². The average Bonchev–Trinajstić information content (AvgIpc) is 2.40. The van der Waals surface area contributed by atoms with E-state index in [1.54, 1.807) is 6.08 Å². The van der Waals surface area contributed by atoms with Gasteiger partial charge in [0, 0.05) is 18.7 Å². The molecule has 3 heteroatoms. The topological polar surface area (TPSA) is 40.5 Å². The van der Waals surface area contributed by atoms with Crippen LogP contribution in [0.25, 0.3) is 6.08 Å². The molecule has 0 saturated carbocycles. The van der Waals surface area contributed by atoms with E-state index in [0.29, 0.717) is 6.04 Å². The van der Waals surface area contributed by atoms with Crippen LogP contribution < -0.4 is 0 Å². The number of likely N-dealkylation sites (tertiary alicyclic amines) is 1. The van der Waals surface area contributed by atoms with Gasteiger partial charge in [-0.25, -0.2) is 4.79 Å². The Morgan fingerprint density at radius 2 is 2.32 bits per heavy atom. The highest BCUT2D eigenvalue weighted by Gasteiger charge is 2.17. The lowest BCUT2D eigenvalue weighted by atomic mass is 10.0. The monoisotopic (exact) mass is 259 g/mol. The van der Waals surface area contributed by atoms with Crippen molar-refractivity contribution in [2.75, 3.05) is 6.54 Å². The van der Waals surface area contributed by atoms with E-state index in [4.69, 9.17) is 5.11 Å². The standard InChI is InChI=1S/C16H21NO2/c1-13-5-2-3-10-17(13)12-15-7-4-6-14(11-15)8-9-16(18)19/h4,6-9,11,13H,2-3,5,10,12H2,1H3,(H,18,19). The largest absolute Gasteiger partial charge is 0.478 e. The minimum Gasteiger partial charge on any atom is -0.478 e. The van der Waals surface area contributed by atoms with Crippen LogP contribution >= 0.6 is 0 Å². The Bertz CT molecular complexity index is 468. The molecule has 19 heavy (non-hydrogen) atoms. The fourth-order valence-corrected chi connectivity index (χ4v) is 2.59. The molecule has 102 valence electrons. The number of piperidine rings is 1. The Morgan fingerprint density at radius 1 is 1.47 bits per heavy atom. The van der Waals surface area contributed by atoms with Crippen molar-refractivity contribution in [3.8, 4) is 0 Å². The van der Waals surface area contributed by atoms with Gasteiger partial charge >= 0.3 is 5.97 Å². The van der Waals surface area contributed by atoms with E-state index in [2.05, 4.69) is 24.0 Å². The van der Waals surface area contributed by atoms with Crippen LogP contribution in [0.1, 0.15) is 37.3 Å². The summed E-state index contributed by atoms with van der Waals surface area (Å²) in [5.41, 5.74) is 2.20. The minimum absolute atomic E-state index is 0.645. The van der Waals surface area contributed by atoms with Crippen LogP contribution in [0.5, 0.6) is 0 Å². The highest BCUT2D eigenvalue weighted by atomic mass is 16.4. The molecular weight excluding hydrogens is 238 g/mol. The van der Waals surface area contributed by atoms with Crippen molar-refractivity contribution in [1.82, 2.24) is 4.90 Å². The molecule has 1 aliphatic rings. The third-order valence-corrected chi connectivity index (χ3v) is 3.70. The Labute approximate surface area is 114 Å². The first-order chi connectivity index (χ1) is 9.15. The van der Waals surface area contributed by atoms with Crippen LogP contribution in [-0.2, 0) is 11.3 Å². The summed E-state index contributed by atoms with van der Waals surface area (Å²) >= 11 is 0. The summed E-state index contributed by atoms with van der Waals surface area (Å²) in [6.07, 6.45) is 6.72. The molecule has 0 aliphatic carbocycles. The fraction of sp³-hybridized carbons (Fsp3) is 0.438. The number of rotatable bonds is 4. The zero-order chi connectivity index (χ0) is 13.7. The number of nitrogens with zero attached hydrogens (tertiary/aromatic N) is 1. The van der Waals surface area contributed by atoms with Crippen LogP contribution in [0, 0.1) is 0 Å². The van der Waals surface area contributed by atoms with Crippen LogP contribution in [0.4, 0.5) is 0 Å². The zero-order valence-electron chi connectivity index (χ0n) is 11.4. The van der Waals surface area contributed by atoms with Crippen molar-refractivity contribution in [3.05, 3.63) is 41.5 Å². The van der Waals surface area contributed by atoms with Crippen molar-refractivity contribution >= 4 is 12.0 Å². The van der Waals surface area contributed by atoms with Gasteiger partial charge in [0.1, 0.15) is 0 Å². The van der Waals surface area contributed by atoms with E-state index >= 15 is 0 Å². The molecule has 1 N–H and O–H groups in total. The second-order valence-electron chi connectivity index (χ2n) is 5.23. The normalized spacial score (nSPS) is 20.8. The summed E-state index contributed by atoms with van der Waals surface area (Å²) in [7, 11) is 0. The number of benzene rings is 1. The molecule has 1 saturated heterocycles. The van der Waals surface area contributed by atoms with Crippen molar-refractivity contribution in [1.29, 1.82) is 0 Å². The summed E-state index contributed by atoms with van der Waals surface area (Å²) in [6, 6.07) is 8.75. The maximum Gasteiger partial charge on any atom is 0.328 e. The molecule has 1 atom stereocenters. The lowest BCUT2D eigenvalue weighted by molar-refractivity contribution is -0.131.